The van der Waals surface area contributed by atoms with Gasteiger partial charge in [-0.1, -0.05) is 15.9 Å². The van der Waals surface area contributed by atoms with Gasteiger partial charge in [0, 0.05) is 21.9 Å². The summed E-state index contributed by atoms with van der Waals surface area (Å²) >= 11 is 3.36. The van der Waals surface area contributed by atoms with E-state index in [1.54, 1.807) is 47.0 Å². The third kappa shape index (κ3) is 3.09. The first-order valence-corrected chi connectivity index (χ1v) is 8.58. The van der Waals surface area contributed by atoms with Gasteiger partial charge in [0.15, 0.2) is 11.5 Å². The van der Waals surface area contributed by atoms with Crippen molar-refractivity contribution in [2.24, 2.45) is 0 Å². The molecule has 2 aromatic heterocycles. The average molecular weight is 411 g/mol. The number of hydrogen-bond acceptors (Lipinski definition) is 3. The van der Waals surface area contributed by atoms with Gasteiger partial charge in [-0.05, 0) is 60.7 Å². The lowest BCUT2D eigenvalue weighted by Gasteiger charge is -2.07. The summed E-state index contributed by atoms with van der Waals surface area (Å²) in [6.45, 7) is 0. The molecule has 26 heavy (non-hydrogen) atoms. The maximum Gasteiger partial charge on any atom is 0.259 e. The monoisotopic (exact) mass is 410 g/mol. The Morgan fingerprint density at radius 1 is 1.00 bits per heavy atom. The Labute approximate surface area is 156 Å². The summed E-state index contributed by atoms with van der Waals surface area (Å²) in [5.41, 5.74) is 2.22. The topological polar surface area (TPSA) is 59.3 Å². The van der Waals surface area contributed by atoms with Crippen LogP contribution in [0.25, 0.3) is 17.0 Å². The molecule has 0 aliphatic heterocycles. The standard InChI is InChI=1S/C19H12BrFN4O/c20-13-5-9-15(10-6-13)22-19(26)16-2-1-11-25-17(23-24-18(16)25)12-3-7-14(21)8-4-12/h1-11H,(H,22,26). The van der Waals surface area contributed by atoms with Gasteiger partial charge in [-0.3, -0.25) is 9.20 Å². The fourth-order valence-electron chi connectivity index (χ4n) is 2.62. The highest BCUT2D eigenvalue weighted by Crippen LogP contribution is 2.21. The fourth-order valence-corrected chi connectivity index (χ4v) is 2.89. The number of aromatic nitrogens is 3. The first-order chi connectivity index (χ1) is 12.6. The van der Waals surface area contributed by atoms with Crippen LogP contribution in [-0.2, 0) is 0 Å². The van der Waals surface area contributed by atoms with Crippen molar-refractivity contribution >= 4 is 33.2 Å². The number of pyridine rings is 1. The first kappa shape index (κ1) is 16.4. The first-order valence-electron chi connectivity index (χ1n) is 7.78. The van der Waals surface area contributed by atoms with Gasteiger partial charge in [0.05, 0.1) is 5.56 Å². The molecule has 2 aromatic carbocycles. The number of benzene rings is 2. The van der Waals surface area contributed by atoms with Crippen LogP contribution in [0.2, 0.25) is 0 Å². The van der Waals surface area contributed by atoms with Crippen LogP contribution in [0.4, 0.5) is 10.1 Å². The molecule has 128 valence electrons. The van der Waals surface area contributed by atoms with E-state index in [0.717, 1.165) is 4.47 Å². The van der Waals surface area contributed by atoms with Crippen molar-refractivity contribution in [2.75, 3.05) is 5.32 Å². The third-order valence-corrected chi connectivity index (χ3v) is 4.41. The van der Waals surface area contributed by atoms with E-state index in [-0.39, 0.29) is 11.7 Å². The average Bonchev–Trinajstić information content (AvgIpc) is 3.08. The molecule has 0 spiro atoms. The van der Waals surface area contributed by atoms with Crippen LogP contribution in [0, 0.1) is 5.82 Å². The summed E-state index contributed by atoms with van der Waals surface area (Å²) in [6.07, 6.45) is 1.77. The minimum atomic E-state index is -0.322. The van der Waals surface area contributed by atoms with E-state index in [9.17, 15) is 9.18 Å². The zero-order chi connectivity index (χ0) is 18.1. The Morgan fingerprint density at radius 2 is 1.73 bits per heavy atom. The molecule has 0 saturated heterocycles. The summed E-state index contributed by atoms with van der Waals surface area (Å²) in [4.78, 5) is 12.6. The highest BCUT2D eigenvalue weighted by Gasteiger charge is 2.16. The van der Waals surface area contributed by atoms with Crippen LogP contribution < -0.4 is 5.32 Å². The number of hydrogen-bond donors (Lipinski definition) is 1. The van der Waals surface area contributed by atoms with Gasteiger partial charge < -0.3 is 5.32 Å². The van der Waals surface area contributed by atoms with Crippen LogP contribution in [0.5, 0.6) is 0 Å². The Kier molecular flexibility index (Phi) is 4.22. The van der Waals surface area contributed by atoms with E-state index in [4.69, 9.17) is 0 Å². The van der Waals surface area contributed by atoms with Crippen LogP contribution in [-0.4, -0.2) is 20.5 Å². The van der Waals surface area contributed by atoms with Crippen molar-refractivity contribution in [2.45, 2.75) is 0 Å². The van der Waals surface area contributed by atoms with Gasteiger partial charge in [-0.15, -0.1) is 10.2 Å². The highest BCUT2D eigenvalue weighted by atomic mass is 79.9. The molecule has 1 amide bonds. The number of nitrogens with zero attached hydrogens (tertiary/aromatic N) is 3. The SMILES string of the molecule is O=C(Nc1ccc(Br)cc1)c1cccn2c(-c3ccc(F)cc3)nnc12. The van der Waals surface area contributed by atoms with Gasteiger partial charge in [0.1, 0.15) is 5.82 Å². The molecule has 0 saturated carbocycles. The number of fused-ring (bicyclic) bond motifs is 1. The Balaban J connectivity index is 1.71. The second kappa shape index (κ2) is 6.68. The molecule has 0 unspecified atom stereocenters. The predicted molar refractivity (Wildman–Crippen MR) is 100 cm³/mol. The molecular formula is C19H12BrFN4O. The normalized spacial score (nSPS) is 10.8. The molecule has 4 aromatic rings. The molecule has 5 nitrogen and oxygen atoms in total. The zero-order valence-electron chi connectivity index (χ0n) is 13.4. The van der Waals surface area contributed by atoms with Gasteiger partial charge in [-0.25, -0.2) is 4.39 Å². The minimum absolute atomic E-state index is 0.282. The maximum absolute atomic E-state index is 13.1. The van der Waals surface area contributed by atoms with E-state index in [0.29, 0.717) is 28.3 Å². The van der Waals surface area contributed by atoms with Crippen molar-refractivity contribution in [3.05, 3.63) is 82.7 Å². The molecule has 0 fully saturated rings. The number of amides is 1. The number of halogens is 2. The smallest absolute Gasteiger partial charge is 0.259 e. The van der Waals surface area contributed by atoms with Gasteiger partial charge in [0.25, 0.3) is 5.91 Å². The van der Waals surface area contributed by atoms with Crippen LogP contribution in [0.3, 0.4) is 0 Å². The molecule has 0 aliphatic carbocycles. The Hall–Kier alpha value is -3.06. The molecule has 1 N–H and O–H groups in total. The van der Waals surface area contributed by atoms with Gasteiger partial charge >= 0.3 is 0 Å². The molecule has 0 radical (unpaired) electrons. The van der Waals surface area contributed by atoms with Crippen molar-refractivity contribution in [1.82, 2.24) is 14.6 Å². The number of anilines is 1. The maximum atomic E-state index is 13.1. The van der Waals surface area contributed by atoms with Gasteiger partial charge in [-0.2, -0.15) is 0 Å². The number of carbonyl (C=O) groups excluding carboxylic acids is 1. The Bertz CT molecular complexity index is 1090. The largest absolute Gasteiger partial charge is 0.322 e. The quantitative estimate of drug-likeness (QED) is 0.538. The van der Waals surface area contributed by atoms with Crippen LogP contribution in [0.15, 0.2) is 71.3 Å². The summed E-state index contributed by atoms with van der Waals surface area (Å²) < 4.78 is 15.8. The van der Waals surface area contributed by atoms with Gasteiger partial charge in [0.2, 0.25) is 0 Å². The van der Waals surface area contributed by atoms with E-state index < -0.39 is 0 Å². The lowest BCUT2D eigenvalue weighted by atomic mass is 10.2. The van der Waals surface area contributed by atoms with E-state index in [2.05, 4.69) is 31.4 Å². The molecule has 7 heteroatoms. The summed E-state index contributed by atoms with van der Waals surface area (Å²) in [5, 5.41) is 11.1. The summed E-state index contributed by atoms with van der Waals surface area (Å²) in [5.74, 6) is -0.0635. The highest BCUT2D eigenvalue weighted by molar-refractivity contribution is 9.10. The van der Waals surface area contributed by atoms with E-state index >= 15 is 0 Å². The third-order valence-electron chi connectivity index (χ3n) is 3.88. The zero-order valence-corrected chi connectivity index (χ0v) is 14.9. The second-order valence-corrected chi connectivity index (χ2v) is 6.52. The van der Waals surface area contributed by atoms with Crippen molar-refractivity contribution < 1.29 is 9.18 Å². The van der Waals surface area contributed by atoms with Crippen LogP contribution >= 0.6 is 15.9 Å². The molecule has 0 aliphatic rings. The summed E-state index contributed by atoms with van der Waals surface area (Å²) in [6, 6.07) is 16.7. The van der Waals surface area contributed by atoms with Crippen LogP contribution in [0.1, 0.15) is 10.4 Å². The minimum Gasteiger partial charge on any atom is -0.322 e. The number of rotatable bonds is 3. The second-order valence-electron chi connectivity index (χ2n) is 5.61. The van der Waals surface area contributed by atoms with Crippen molar-refractivity contribution in [3.8, 4) is 11.4 Å². The van der Waals surface area contributed by atoms with Crippen molar-refractivity contribution in [3.63, 3.8) is 0 Å². The van der Waals surface area contributed by atoms with E-state index in [1.165, 1.54) is 12.1 Å². The summed E-state index contributed by atoms with van der Waals surface area (Å²) in [7, 11) is 0. The lowest BCUT2D eigenvalue weighted by molar-refractivity contribution is 0.102. The molecule has 0 bridgehead atoms. The predicted octanol–water partition coefficient (Wildman–Crippen LogP) is 4.55. The molecule has 0 atom stereocenters. The molecule has 2 heterocycles. The lowest BCUT2D eigenvalue weighted by Crippen LogP contribution is -2.13. The number of nitrogens with one attached hydrogen (secondary N) is 1. The Morgan fingerprint density at radius 3 is 2.46 bits per heavy atom. The van der Waals surface area contributed by atoms with Crippen molar-refractivity contribution in [1.29, 1.82) is 0 Å². The molecular weight excluding hydrogens is 399 g/mol. The van der Waals surface area contributed by atoms with E-state index in [1.807, 2.05) is 12.1 Å². The fraction of sp³-hybridized carbons (Fsp3) is 0. The number of carbonyl (C=O) groups is 1. The molecule has 4 rings (SSSR count).